The van der Waals surface area contributed by atoms with Gasteiger partial charge in [0.25, 0.3) is 5.91 Å². The Morgan fingerprint density at radius 2 is 2.05 bits per heavy atom. The minimum atomic E-state index is -0.267. The van der Waals surface area contributed by atoms with E-state index < -0.39 is 0 Å². The van der Waals surface area contributed by atoms with Crippen LogP contribution in [0.2, 0.25) is 5.02 Å². The van der Waals surface area contributed by atoms with E-state index in [1.807, 2.05) is 24.3 Å². The Kier molecular flexibility index (Phi) is 3.46. The Morgan fingerprint density at radius 3 is 2.85 bits per heavy atom. The molecule has 2 N–H and O–H groups in total. The van der Waals surface area contributed by atoms with Crippen molar-refractivity contribution in [1.29, 1.82) is 0 Å². The molecule has 1 amide bonds. The number of hydrogen-bond acceptors (Lipinski definition) is 2. The van der Waals surface area contributed by atoms with Crippen LogP contribution in [0, 0.1) is 0 Å². The van der Waals surface area contributed by atoms with Crippen LogP contribution in [0.25, 0.3) is 10.9 Å². The van der Waals surface area contributed by atoms with Gasteiger partial charge in [0.05, 0.1) is 10.5 Å². The van der Waals surface area contributed by atoms with Gasteiger partial charge in [0, 0.05) is 15.5 Å². The molecule has 1 aromatic heterocycles. The summed E-state index contributed by atoms with van der Waals surface area (Å²) in [6.07, 6.45) is 0. The number of amides is 1. The number of carbonyl (C=O) groups is 1. The molecule has 0 aliphatic rings. The molecular formula is C14H9BrClN3O. The second kappa shape index (κ2) is 5.26. The minimum Gasteiger partial charge on any atom is -0.321 e. The number of benzene rings is 2. The van der Waals surface area contributed by atoms with E-state index in [0.29, 0.717) is 16.4 Å². The largest absolute Gasteiger partial charge is 0.321 e. The smallest absolute Gasteiger partial charge is 0.276 e. The van der Waals surface area contributed by atoms with Crippen LogP contribution in [-0.2, 0) is 0 Å². The third-order valence-corrected chi connectivity index (χ3v) is 4.08. The summed E-state index contributed by atoms with van der Waals surface area (Å²) in [6, 6.07) is 12.7. The van der Waals surface area contributed by atoms with Gasteiger partial charge in [-0.3, -0.25) is 9.89 Å². The molecule has 0 saturated carbocycles. The number of aromatic nitrogens is 2. The first-order valence-electron chi connectivity index (χ1n) is 5.84. The molecule has 3 rings (SSSR count). The summed E-state index contributed by atoms with van der Waals surface area (Å²) in [4.78, 5) is 12.2. The van der Waals surface area contributed by atoms with Gasteiger partial charge in [0.1, 0.15) is 0 Å². The predicted molar refractivity (Wildman–Crippen MR) is 83.2 cm³/mol. The molecule has 0 bridgehead atoms. The van der Waals surface area contributed by atoms with Crippen LogP contribution in [0.15, 0.2) is 46.9 Å². The molecule has 2 aromatic carbocycles. The summed E-state index contributed by atoms with van der Waals surface area (Å²) in [7, 11) is 0. The average molecular weight is 351 g/mol. The Labute approximate surface area is 128 Å². The predicted octanol–water partition coefficient (Wildman–Crippen LogP) is 4.23. The van der Waals surface area contributed by atoms with E-state index in [9.17, 15) is 4.79 Å². The summed E-state index contributed by atoms with van der Waals surface area (Å²) in [5, 5.41) is 11.1. The first kappa shape index (κ1) is 13.1. The van der Waals surface area contributed by atoms with Gasteiger partial charge < -0.3 is 5.32 Å². The number of halogens is 2. The van der Waals surface area contributed by atoms with Crippen LogP contribution in [0.1, 0.15) is 10.5 Å². The van der Waals surface area contributed by atoms with E-state index in [2.05, 4.69) is 31.4 Å². The molecular weight excluding hydrogens is 342 g/mol. The Balaban J connectivity index is 1.91. The molecule has 6 heteroatoms. The molecule has 4 nitrogen and oxygen atoms in total. The number of aromatic amines is 1. The van der Waals surface area contributed by atoms with Crippen molar-refractivity contribution < 1.29 is 4.79 Å². The molecule has 0 unspecified atom stereocenters. The molecule has 0 saturated heterocycles. The van der Waals surface area contributed by atoms with Crippen molar-refractivity contribution in [2.24, 2.45) is 0 Å². The third kappa shape index (κ3) is 2.42. The summed E-state index contributed by atoms with van der Waals surface area (Å²) in [5.41, 5.74) is 1.85. The van der Waals surface area contributed by atoms with Crippen molar-refractivity contribution in [1.82, 2.24) is 10.2 Å². The fourth-order valence-corrected chi connectivity index (χ4v) is 2.40. The highest BCUT2D eigenvalue weighted by Gasteiger charge is 2.14. The maximum atomic E-state index is 12.2. The number of fused-ring (bicyclic) bond motifs is 1. The second-order valence-corrected chi connectivity index (χ2v) is 5.46. The van der Waals surface area contributed by atoms with Gasteiger partial charge in [0.2, 0.25) is 0 Å². The number of nitrogens with one attached hydrogen (secondary N) is 2. The van der Waals surface area contributed by atoms with Crippen LogP contribution < -0.4 is 5.32 Å². The van der Waals surface area contributed by atoms with Gasteiger partial charge in [-0.1, -0.05) is 29.8 Å². The number of anilines is 1. The highest BCUT2D eigenvalue weighted by molar-refractivity contribution is 9.10. The first-order valence-corrected chi connectivity index (χ1v) is 7.02. The standard InChI is InChI=1S/C14H9BrClN3O/c15-10-7-8(5-6-11(10)16)17-14(20)13-9-3-1-2-4-12(9)18-19-13/h1-7H,(H,17,20)(H,18,19). The van der Waals surface area contributed by atoms with Gasteiger partial charge in [-0.05, 0) is 40.2 Å². The normalized spacial score (nSPS) is 10.7. The first-order chi connectivity index (χ1) is 9.65. The van der Waals surface area contributed by atoms with Crippen molar-refractivity contribution in [3.8, 4) is 0 Å². The number of para-hydroxylation sites is 1. The summed E-state index contributed by atoms with van der Waals surface area (Å²) >= 11 is 9.24. The van der Waals surface area contributed by atoms with Crippen molar-refractivity contribution >= 4 is 50.0 Å². The van der Waals surface area contributed by atoms with Crippen LogP contribution >= 0.6 is 27.5 Å². The van der Waals surface area contributed by atoms with Crippen LogP contribution in [0.3, 0.4) is 0 Å². The maximum absolute atomic E-state index is 12.2. The molecule has 20 heavy (non-hydrogen) atoms. The van der Waals surface area contributed by atoms with Crippen molar-refractivity contribution in [3.05, 3.63) is 57.7 Å². The molecule has 100 valence electrons. The van der Waals surface area contributed by atoms with Crippen molar-refractivity contribution in [3.63, 3.8) is 0 Å². The maximum Gasteiger partial charge on any atom is 0.276 e. The molecule has 0 fully saturated rings. The van der Waals surface area contributed by atoms with Gasteiger partial charge >= 0.3 is 0 Å². The highest BCUT2D eigenvalue weighted by Crippen LogP contribution is 2.26. The van der Waals surface area contributed by atoms with E-state index in [1.165, 1.54) is 0 Å². The zero-order valence-electron chi connectivity index (χ0n) is 10.2. The minimum absolute atomic E-state index is 0.267. The van der Waals surface area contributed by atoms with Crippen LogP contribution in [0.5, 0.6) is 0 Å². The molecule has 1 heterocycles. The van der Waals surface area contributed by atoms with Crippen molar-refractivity contribution in [2.75, 3.05) is 5.32 Å². The monoisotopic (exact) mass is 349 g/mol. The Hall–Kier alpha value is -1.85. The van der Waals surface area contributed by atoms with E-state index in [-0.39, 0.29) is 5.91 Å². The zero-order chi connectivity index (χ0) is 14.1. The van der Waals surface area contributed by atoms with Crippen molar-refractivity contribution in [2.45, 2.75) is 0 Å². The van der Waals surface area contributed by atoms with E-state index >= 15 is 0 Å². The summed E-state index contributed by atoms with van der Waals surface area (Å²) in [6.45, 7) is 0. The number of nitrogens with zero attached hydrogens (tertiary/aromatic N) is 1. The fourth-order valence-electron chi connectivity index (χ4n) is 1.90. The summed E-state index contributed by atoms with van der Waals surface area (Å²) < 4.78 is 0.726. The molecule has 3 aromatic rings. The van der Waals surface area contributed by atoms with Crippen LogP contribution in [-0.4, -0.2) is 16.1 Å². The van der Waals surface area contributed by atoms with E-state index in [4.69, 9.17) is 11.6 Å². The molecule has 0 atom stereocenters. The molecule has 0 aliphatic carbocycles. The SMILES string of the molecule is O=C(Nc1ccc(Cl)c(Br)c1)c1n[nH]c2ccccc12. The van der Waals surface area contributed by atoms with E-state index in [0.717, 1.165) is 15.4 Å². The zero-order valence-corrected chi connectivity index (χ0v) is 12.5. The number of rotatable bonds is 2. The van der Waals surface area contributed by atoms with Gasteiger partial charge in [0.15, 0.2) is 5.69 Å². The van der Waals surface area contributed by atoms with Gasteiger partial charge in [-0.2, -0.15) is 5.10 Å². The quantitative estimate of drug-likeness (QED) is 0.726. The number of carbonyl (C=O) groups excluding carboxylic acids is 1. The fraction of sp³-hybridized carbons (Fsp3) is 0. The molecule has 0 aliphatic heterocycles. The van der Waals surface area contributed by atoms with E-state index in [1.54, 1.807) is 18.2 Å². The lowest BCUT2D eigenvalue weighted by Crippen LogP contribution is -2.12. The number of hydrogen-bond donors (Lipinski definition) is 2. The Bertz CT molecular complexity index is 800. The van der Waals surface area contributed by atoms with Gasteiger partial charge in [-0.15, -0.1) is 0 Å². The lowest BCUT2D eigenvalue weighted by atomic mass is 10.2. The second-order valence-electron chi connectivity index (χ2n) is 4.20. The van der Waals surface area contributed by atoms with Gasteiger partial charge in [-0.25, -0.2) is 0 Å². The highest BCUT2D eigenvalue weighted by atomic mass is 79.9. The lowest BCUT2D eigenvalue weighted by molar-refractivity contribution is 0.102. The topological polar surface area (TPSA) is 57.8 Å². The summed E-state index contributed by atoms with van der Waals surface area (Å²) in [5.74, 6) is -0.267. The average Bonchev–Trinajstić information content (AvgIpc) is 2.87. The lowest BCUT2D eigenvalue weighted by Gasteiger charge is -2.05. The van der Waals surface area contributed by atoms with Crippen LogP contribution in [0.4, 0.5) is 5.69 Å². The Morgan fingerprint density at radius 1 is 1.25 bits per heavy atom. The molecule has 0 spiro atoms. The molecule has 0 radical (unpaired) electrons. The third-order valence-electron chi connectivity index (χ3n) is 2.86. The number of H-pyrrole nitrogens is 1.